The molecular weight excluding hydrogens is 340 g/mol. The van der Waals surface area contributed by atoms with Gasteiger partial charge in [-0.25, -0.2) is 9.78 Å². The average Bonchev–Trinajstić information content (AvgIpc) is 2.87. The Hall–Kier alpha value is -2.14. The van der Waals surface area contributed by atoms with Crippen LogP contribution in [0.5, 0.6) is 0 Å². The first-order valence-corrected chi connectivity index (χ1v) is 8.33. The molecule has 1 fully saturated rings. The Balaban J connectivity index is 2.14. The second-order valence-electron chi connectivity index (χ2n) is 4.99. The molecule has 1 aromatic rings. The largest absolute Gasteiger partial charge is 0.463 e. The van der Waals surface area contributed by atoms with Crippen LogP contribution in [0.4, 0.5) is 5.95 Å². The van der Waals surface area contributed by atoms with Crippen LogP contribution in [0.15, 0.2) is 11.1 Å². The summed E-state index contributed by atoms with van der Waals surface area (Å²) >= 11 is 1.26. The number of carbonyl (C=O) groups is 2. The summed E-state index contributed by atoms with van der Waals surface area (Å²) in [4.78, 5) is 42.1. The van der Waals surface area contributed by atoms with E-state index >= 15 is 0 Å². The molecule has 0 bridgehead atoms. The number of ether oxygens (including phenoxy) is 3. The fourth-order valence-corrected chi connectivity index (χ4v) is 2.52. The van der Waals surface area contributed by atoms with Crippen molar-refractivity contribution in [1.82, 2.24) is 14.5 Å². The Morgan fingerprint density at radius 3 is 2.79 bits per heavy atom. The third-order valence-corrected chi connectivity index (χ3v) is 3.57. The molecule has 1 aromatic heterocycles. The molecule has 2 heterocycles. The molecule has 1 saturated heterocycles. The van der Waals surface area contributed by atoms with Gasteiger partial charge in [0.2, 0.25) is 5.95 Å². The molecule has 1 aliphatic rings. The Morgan fingerprint density at radius 1 is 1.46 bits per heavy atom. The molecule has 0 aromatic carbocycles. The van der Waals surface area contributed by atoms with E-state index in [1.165, 1.54) is 36.7 Å². The van der Waals surface area contributed by atoms with Crippen molar-refractivity contribution >= 4 is 29.8 Å². The second kappa shape index (κ2) is 8.11. The van der Waals surface area contributed by atoms with E-state index < -0.39 is 36.1 Å². The molecule has 132 valence electrons. The van der Waals surface area contributed by atoms with E-state index in [2.05, 4.69) is 14.7 Å². The topological polar surface area (TPSA) is 122 Å². The zero-order valence-corrected chi connectivity index (χ0v) is 14.2. The summed E-state index contributed by atoms with van der Waals surface area (Å²) in [5, 5.41) is 0. The van der Waals surface area contributed by atoms with Crippen LogP contribution < -0.4 is 10.4 Å². The van der Waals surface area contributed by atoms with Gasteiger partial charge in [-0.05, 0) is 0 Å². The van der Waals surface area contributed by atoms with Crippen molar-refractivity contribution in [3.8, 4) is 0 Å². The highest BCUT2D eigenvalue weighted by Crippen LogP contribution is 2.30. The van der Waals surface area contributed by atoms with E-state index in [4.69, 9.17) is 14.2 Å². The maximum absolute atomic E-state index is 12.1. The van der Waals surface area contributed by atoms with Crippen LogP contribution in [0, 0.1) is 0 Å². The summed E-state index contributed by atoms with van der Waals surface area (Å²) in [6, 6.07) is 0. The first-order chi connectivity index (χ1) is 11.4. The summed E-state index contributed by atoms with van der Waals surface area (Å²) in [6.45, 7) is 2.46. The Morgan fingerprint density at radius 2 is 2.21 bits per heavy atom. The third kappa shape index (κ3) is 4.68. The monoisotopic (exact) mass is 358 g/mol. The van der Waals surface area contributed by atoms with Crippen molar-refractivity contribution in [3.63, 3.8) is 0 Å². The predicted octanol–water partition coefficient (Wildman–Crippen LogP) is 0.111. The van der Waals surface area contributed by atoms with Gasteiger partial charge in [-0.15, -0.1) is 0 Å². The number of aromatic nitrogens is 3. The number of nitrogens with zero attached hydrogens (tertiary/aromatic N) is 3. The number of carbonyl (C=O) groups excluding carboxylic acids is 2. The van der Waals surface area contributed by atoms with Gasteiger partial charge >= 0.3 is 17.6 Å². The number of hydrogen-bond donors (Lipinski definition) is 1. The maximum Gasteiger partial charge on any atom is 0.354 e. The summed E-state index contributed by atoms with van der Waals surface area (Å²) in [7, 11) is 0. The van der Waals surface area contributed by atoms with Gasteiger partial charge in [0.1, 0.15) is 31.4 Å². The van der Waals surface area contributed by atoms with E-state index in [9.17, 15) is 14.4 Å². The van der Waals surface area contributed by atoms with Crippen LogP contribution in [0.3, 0.4) is 0 Å². The molecule has 2 unspecified atom stereocenters. The molecular formula is C13H18N4O6S. The summed E-state index contributed by atoms with van der Waals surface area (Å²) in [5.41, 5.74) is -0.554. The lowest BCUT2D eigenvalue weighted by atomic mass is 10.2. The van der Waals surface area contributed by atoms with Crippen molar-refractivity contribution in [2.75, 3.05) is 17.6 Å². The van der Waals surface area contributed by atoms with Crippen LogP contribution in [-0.4, -0.2) is 51.5 Å². The lowest BCUT2D eigenvalue weighted by Gasteiger charge is -2.17. The van der Waals surface area contributed by atoms with Gasteiger partial charge in [0.25, 0.3) is 0 Å². The summed E-state index contributed by atoms with van der Waals surface area (Å²) < 4.78 is 19.8. The highest BCUT2D eigenvalue weighted by Gasteiger charge is 2.39. The molecule has 2 rings (SSSR count). The highest BCUT2D eigenvalue weighted by atomic mass is 32.2. The molecule has 1 N–H and O–H groups in total. The van der Waals surface area contributed by atoms with Crippen molar-refractivity contribution < 1.29 is 23.8 Å². The van der Waals surface area contributed by atoms with Crippen molar-refractivity contribution in [2.45, 2.75) is 38.7 Å². The second-order valence-corrected chi connectivity index (χ2v) is 5.60. The quantitative estimate of drug-likeness (QED) is 0.554. The van der Waals surface area contributed by atoms with Gasteiger partial charge in [0.15, 0.2) is 0 Å². The fraction of sp³-hybridized carbons (Fsp3) is 0.615. The molecule has 0 aliphatic carbocycles. The van der Waals surface area contributed by atoms with Gasteiger partial charge in [0.05, 0.1) is 0 Å². The van der Waals surface area contributed by atoms with E-state index in [-0.39, 0.29) is 19.0 Å². The molecule has 11 heteroatoms. The van der Waals surface area contributed by atoms with Gasteiger partial charge in [-0.1, -0.05) is 11.9 Å². The predicted molar refractivity (Wildman–Crippen MR) is 84.1 cm³/mol. The van der Waals surface area contributed by atoms with E-state index in [1.54, 1.807) is 6.26 Å². The maximum atomic E-state index is 12.1. The van der Waals surface area contributed by atoms with Crippen LogP contribution in [0.2, 0.25) is 0 Å². The lowest BCUT2D eigenvalue weighted by Crippen LogP contribution is -2.31. The van der Waals surface area contributed by atoms with Gasteiger partial charge in [-0.3, -0.25) is 18.9 Å². The molecule has 0 radical (unpaired) electrons. The van der Waals surface area contributed by atoms with Crippen molar-refractivity contribution in [3.05, 3.63) is 16.8 Å². The zero-order valence-electron chi connectivity index (χ0n) is 13.4. The molecule has 0 spiro atoms. The smallest absolute Gasteiger partial charge is 0.354 e. The molecule has 3 atom stereocenters. The molecule has 24 heavy (non-hydrogen) atoms. The van der Waals surface area contributed by atoms with E-state index in [0.717, 1.165) is 0 Å². The van der Waals surface area contributed by atoms with Crippen molar-refractivity contribution in [2.24, 2.45) is 0 Å². The number of anilines is 1. The Kier molecular flexibility index (Phi) is 6.15. The summed E-state index contributed by atoms with van der Waals surface area (Å²) in [5.74, 6) is -0.772. The van der Waals surface area contributed by atoms with Crippen LogP contribution in [-0.2, 0) is 23.8 Å². The Bertz CT molecular complexity index is 666. The fourth-order valence-electron chi connectivity index (χ4n) is 2.24. The normalized spacial score (nSPS) is 22.9. The molecule has 1 aliphatic heterocycles. The minimum absolute atomic E-state index is 0.0779. The van der Waals surface area contributed by atoms with Gasteiger partial charge in [0, 0.05) is 26.5 Å². The zero-order chi connectivity index (χ0) is 17.7. The molecule has 0 saturated carbocycles. The van der Waals surface area contributed by atoms with Gasteiger partial charge < -0.3 is 14.2 Å². The molecule has 10 nitrogen and oxygen atoms in total. The number of esters is 2. The highest BCUT2D eigenvalue weighted by molar-refractivity contribution is 7.99. The minimum atomic E-state index is -0.717. The Labute approximate surface area is 142 Å². The standard InChI is InChI=1S/C13H18N4O6S/c1-7(18)21-5-10-9(22-8(2)19)4-11(23-10)17-6-14-12(16-24-3)15-13(17)20/h6,9-11H,4-5H2,1-3H3,(H,15,16,20)/t9-,10?,11?/m1/s1. The summed E-state index contributed by atoms with van der Waals surface area (Å²) in [6.07, 6.45) is 1.28. The van der Waals surface area contributed by atoms with E-state index in [0.29, 0.717) is 0 Å². The first-order valence-electron chi connectivity index (χ1n) is 7.11. The minimum Gasteiger partial charge on any atom is -0.463 e. The molecule has 0 amide bonds. The van der Waals surface area contributed by atoms with Crippen LogP contribution in [0.25, 0.3) is 0 Å². The van der Waals surface area contributed by atoms with Gasteiger partial charge in [-0.2, -0.15) is 4.98 Å². The number of hydrogen-bond acceptors (Lipinski definition) is 10. The van der Waals surface area contributed by atoms with E-state index in [1.807, 2.05) is 0 Å². The number of nitrogens with one attached hydrogen (secondary N) is 1. The first kappa shape index (κ1) is 18.2. The van der Waals surface area contributed by atoms with Crippen LogP contribution in [0.1, 0.15) is 26.5 Å². The van der Waals surface area contributed by atoms with Crippen molar-refractivity contribution in [1.29, 1.82) is 0 Å². The third-order valence-electron chi connectivity index (χ3n) is 3.18. The SMILES string of the molecule is CSNc1ncn(C2C[C@@H](OC(C)=O)C(COC(C)=O)O2)c(=O)n1. The van der Waals surface area contributed by atoms with Crippen LogP contribution >= 0.6 is 11.9 Å². The number of rotatable bonds is 6. The average molecular weight is 358 g/mol. The lowest BCUT2D eigenvalue weighted by molar-refractivity contribution is -0.155.